The normalized spacial score (nSPS) is 15.3. The summed E-state index contributed by atoms with van der Waals surface area (Å²) in [5, 5.41) is 13.9. The molecule has 1 aliphatic rings. The van der Waals surface area contributed by atoms with E-state index in [1.807, 2.05) is 26.0 Å². The van der Waals surface area contributed by atoms with Crippen molar-refractivity contribution in [2.75, 3.05) is 31.6 Å². The first-order valence-corrected chi connectivity index (χ1v) is 16.2. The number of carbonyl (C=O) groups is 1. The number of carbonyl (C=O) groups excluding carboxylic acids is 1. The number of amides is 1. The fraction of sp³-hybridized carbons (Fsp3) is 0.448. The number of halogens is 1. The number of aliphatic hydroxyl groups is 1. The van der Waals surface area contributed by atoms with Crippen molar-refractivity contribution >= 4 is 35.7 Å². The summed E-state index contributed by atoms with van der Waals surface area (Å²) in [4.78, 5) is 19.7. The maximum atomic E-state index is 15.0. The Kier molecular flexibility index (Phi) is 10.00. The number of aromatic nitrogens is 1. The molecule has 0 aliphatic carbocycles. The Hall–Kier alpha value is -2.66. The van der Waals surface area contributed by atoms with Gasteiger partial charge in [-0.15, -0.1) is 11.3 Å². The highest BCUT2D eigenvalue weighted by molar-refractivity contribution is 7.54. The summed E-state index contributed by atoms with van der Waals surface area (Å²) in [5.41, 5.74) is 6.18. The number of anilines is 2. The van der Waals surface area contributed by atoms with E-state index < -0.39 is 24.9 Å². The monoisotopic (exact) mass is 604 g/mol. The first-order valence-electron chi connectivity index (χ1n) is 13.7. The Morgan fingerprint density at radius 2 is 1.88 bits per heavy atom. The largest absolute Gasteiger partial charge is 0.386 e. The van der Waals surface area contributed by atoms with Crippen molar-refractivity contribution in [2.45, 2.75) is 58.3 Å². The third-order valence-electron chi connectivity index (χ3n) is 6.99. The van der Waals surface area contributed by atoms with Crippen LogP contribution in [0.3, 0.4) is 0 Å². The van der Waals surface area contributed by atoms with E-state index in [1.165, 1.54) is 17.4 Å². The molecule has 222 valence electrons. The van der Waals surface area contributed by atoms with Crippen molar-refractivity contribution in [1.29, 1.82) is 0 Å². The number of primary amides is 1. The zero-order valence-corrected chi connectivity index (χ0v) is 25.6. The number of hydrogen-bond donors (Lipinski definition) is 3. The van der Waals surface area contributed by atoms with Crippen molar-refractivity contribution in [3.8, 4) is 10.4 Å². The molecule has 3 aromatic rings. The predicted molar refractivity (Wildman–Crippen MR) is 160 cm³/mol. The van der Waals surface area contributed by atoms with Crippen LogP contribution >= 0.6 is 18.9 Å². The summed E-state index contributed by atoms with van der Waals surface area (Å²) in [6.07, 6.45) is 1.42. The van der Waals surface area contributed by atoms with E-state index in [-0.39, 0.29) is 11.2 Å². The lowest BCUT2D eigenvalue weighted by Crippen LogP contribution is -2.36. The van der Waals surface area contributed by atoms with Crippen molar-refractivity contribution in [2.24, 2.45) is 5.73 Å². The van der Waals surface area contributed by atoms with E-state index in [4.69, 9.17) is 19.8 Å². The van der Waals surface area contributed by atoms with Gasteiger partial charge in [0.15, 0.2) is 0 Å². The topological polar surface area (TPSA) is 127 Å². The number of nitrogens with two attached hydrogens (primary N) is 1. The summed E-state index contributed by atoms with van der Waals surface area (Å²) in [5.74, 6) is -0.613. The van der Waals surface area contributed by atoms with Crippen molar-refractivity contribution in [1.82, 2.24) is 9.88 Å². The third-order valence-corrected chi connectivity index (χ3v) is 10.7. The van der Waals surface area contributed by atoms with Gasteiger partial charge in [0.25, 0.3) is 5.91 Å². The van der Waals surface area contributed by atoms with Gasteiger partial charge in [0.05, 0.1) is 35.7 Å². The van der Waals surface area contributed by atoms with Crippen LogP contribution in [-0.2, 0) is 25.8 Å². The molecule has 1 aromatic carbocycles. The minimum atomic E-state index is -3.12. The molecule has 3 heterocycles. The maximum absolute atomic E-state index is 15.0. The minimum absolute atomic E-state index is 0.115. The Morgan fingerprint density at radius 1 is 1.20 bits per heavy atom. The van der Waals surface area contributed by atoms with Crippen LogP contribution in [0.5, 0.6) is 0 Å². The molecule has 1 fully saturated rings. The van der Waals surface area contributed by atoms with Gasteiger partial charge in [-0.2, -0.15) is 0 Å². The van der Waals surface area contributed by atoms with Gasteiger partial charge in [-0.1, -0.05) is 18.2 Å². The molecule has 0 spiro atoms. The molecule has 1 saturated heterocycles. The molecule has 0 saturated carbocycles. The standard InChI is InChI=1S/C29H38FN4O5PS/c1-5-38-40(37,39-6-2)21-12-14-34(15-13-21)18-20-8-7-9-26(32-20)33-28-23(27(31)35)17-25(41-28)22-11-10-19(16-24(22)30)29(3,4)36/h7-11,16-17,21,36H,5-6,12-15,18H2,1-4H3,(H2,31,35)(H,32,33). The number of pyridine rings is 1. The van der Waals surface area contributed by atoms with Gasteiger partial charge in [0.2, 0.25) is 0 Å². The number of likely N-dealkylation sites (tertiary alicyclic amines) is 1. The van der Waals surface area contributed by atoms with Gasteiger partial charge < -0.3 is 25.2 Å². The average Bonchev–Trinajstić information content (AvgIpc) is 3.32. The molecule has 9 nitrogen and oxygen atoms in total. The van der Waals surface area contributed by atoms with Gasteiger partial charge in [0.1, 0.15) is 16.6 Å². The van der Waals surface area contributed by atoms with Gasteiger partial charge >= 0.3 is 7.60 Å². The highest BCUT2D eigenvalue weighted by atomic mass is 32.1. The second-order valence-corrected chi connectivity index (χ2v) is 13.9. The summed E-state index contributed by atoms with van der Waals surface area (Å²) in [6, 6.07) is 11.7. The molecule has 4 N–H and O–H groups in total. The molecule has 0 unspecified atom stereocenters. The van der Waals surface area contributed by atoms with Crippen LogP contribution in [-0.4, -0.2) is 52.9 Å². The lowest BCUT2D eigenvalue weighted by molar-refractivity contribution is 0.0782. The van der Waals surface area contributed by atoms with Crippen LogP contribution in [0.4, 0.5) is 15.2 Å². The Bertz CT molecular complexity index is 1410. The highest BCUT2D eigenvalue weighted by Crippen LogP contribution is 2.56. The summed E-state index contributed by atoms with van der Waals surface area (Å²) in [6.45, 7) is 9.63. The Morgan fingerprint density at radius 3 is 2.46 bits per heavy atom. The molecule has 1 aliphatic heterocycles. The van der Waals surface area contributed by atoms with E-state index in [9.17, 15) is 18.9 Å². The number of nitrogens with zero attached hydrogens (tertiary/aromatic N) is 2. The third kappa shape index (κ3) is 7.60. The second-order valence-electron chi connectivity index (χ2n) is 10.5. The van der Waals surface area contributed by atoms with Crippen LogP contribution in [0.2, 0.25) is 0 Å². The zero-order valence-electron chi connectivity index (χ0n) is 23.9. The lowest BCUT2D eigenvalue weighted by Gasteiger charge is -2.34. The molecule has 4 rings (SSSR count). The van der Waals surface area contributed by atoms with Gasteiger partial charge in [0, 0.05) is 17.0 Å². The van der Waals surface area contributed by atoms with Crippen LogP contribution in [0, 0.1) is 5.82 Å². The van der Waals surface area contributed by atoms with Crippen molar-refractivity contribution in [3.05, 3.63) is 65.1 Å². The van der Waals surface area contributed by atoms with E-state index in [0.29, 0.717) is 59.4 Å². The maximum Gasteiger partial charge on any atom is 0.333 e. The minimum Gasteiger partial charge on any atom is -0.386 e. The molecule has 12 heteroatoms. The molecule has 0 radical (unpaired) electrons. The molecule has 2 aromatic heterocycles. The van der Waals surface area contributed by atoms with E-state index in [2.05, 4.69) is 10.2 Å². The molecule has 0 bridgehead atoms. The SMILES string of the molecule is CCOP(=O)(OCC)C1CCN(Cc2cccc(Nc3sc(-c4ccc(C(C)(C)O)cc4F)cc3C(N)=O)n2)CC1. The highest BCUT2D eigenvalue weighted by Gasteiger charge is 2.37. The fourth-order valence-electron chi connectivity index (χ4n) is 4.88. The van der Waals surface area contributed by atoms with E-state index in [0.717, 1.165) is 18.8 Å². The summed E-state index contributed by atoms with van der Waals surface area (Å²) >= 11 is 1.20. The smallest absolute Gasteiger partial charge is 0.333 e. The Labute approximate surface area is 244 Å². The molecule has 1 amide bonds. The number of benzene rings is 1. The van der Waals surface area contributed by atoms with E-state index in [1.54, 1.807) is 38.1 Å². The first-order chi connectivity index (χ1) is 19.4. The Balaban J connectivity index is 1.47. The number of thiophene rings is 1. The van der Waals surface area contributed by atoms with Crippen LogP contribution in [0.1, 0.15) is 62.2 Å². The zero-order chi connectivity index (χ0) is 29.8. The number of nitrogens with one attached hydrogen (secondary N) is 1. The molecular weight excluding hydrogens is 566 g/mol. The predicted octanol–water partition coefficient (Wildman–Crippen LogP) is 6.25. The molecular formula is C29H38FN4O5PS. The summed E-state index contributed by atoms with van der Waals surface area (Å²) in [7, 11) is -3.12. The van der Waals surface area contributed by atoms with Crippen LogP contribution in [0.15, 0.2) is 42.5 Å². The average molecular weight is 605 g/mol. The lowest BCUT2D eigenvalue weighted by atomic mass is 9.96. The van der Waals surface area contributed by atoms with Crippen LogP contribution in [0.25, 0.3) is 10.4 Å². The van der Waals surface area contributed by atoms with Gasteiger partial charge in [-0.3, -0.25) is 14.3 Å². The van der Waals surface area contributed by atoms with Gasteiger partial charge in [-0.05, 0) is 83.5 Å². The summed E-state index contributed by atoms with van der Waals surface area (Å²) < 4.78 is 39.2. The number of rotatable bonds is 12. The van der Waals surface area contributed by atoms with E-state index >= 15 is 0 Å². The van der Waals surface area contributed by atoms with Crippen LogP contribution < -0.4 is 11.1 Å². The molecule has 41 heavy (non-hydrogen) atoms. The second kappa shape index (κ2) is 13.1. The number of piperidine rings is 1. The first kappa shape index (κ1) is 31.3. The molecule has 0 atom stereocenters. The quantitative estimate of drug-likeness (QED) is 0.207. The van der Waals surface area contributed by atoms with Crippen molar-refractivity contribution in [3.63, 3.8) is 0 Å². The number of hydrogen-bond acceptors (Lipinski definition) is 9. The van der Waals surface area contributed by atoms with Gasteiger partial charge in [-0.25, -0.2) is 9.37 Å². The van der Waals surface area contributed by atoms with Crippen molar-refractivity contribution < 1.29 is 27.9 Å². The fourth-order valence-corrected chi connectivity index (χ4v) is 8.06.